The van der Waals surface area contributed by atoms with Crippen molar-refractivity contribution in [3.63, 3.8) is 0 Å². The van der Waals surface area contributed by atoms with Gasteiger partial charge >= 0.3 is 6.18 Å². The van der Waals surface area contributed by atoms with Crippen molar-refractivity contribution in [2.75, 3.05) is 37.3 Å². The van der Waals surface area contributed by atoms with Crippen LogP contribution in [0.5, 0.6) is 0 Å². The summed E-state index contributed by atoms with van der Waals surface area (Å²) in [4.78, 5) is 15.5. The summed E-state index contributed by atoms with van der Waals surface area (Å²) in [6.07, 6.45) is -3.55. The predicted molar refractivity (Wildman–Crippen MR) is 99.1 cm³/mol. The number of alkyl halides is 3. The van der Waals surface area contributed by atoms with E-state index in [1.165, 1.54) is 29.2 Å². The molecule has 156 valence electrons. The summed E-state index contributed by atoms with van der Waals surface area (Å²) in [6.45, 7) is 0.921. The standard InChI is InChI=1S/C19H18F4N2O3S/c1-29(27,28)15-5-6-17(16(20)12-15)24-7-9-25(10-8-24)18(26)13-3-2-4-14(11-13)19(21,22)23/h2-6,11-12H,7-10H2,1H3. The number of amides is 1. The lowest BCUT2D eigenvalue weighted by Gasteiger charge is -2.36. The molecule has 5 nitrogen and oxygen atoms in total. The maximum absolute atomic E-state index is 14.3. The Morgan fingerprint density at radius 2 is 1.66 bits per heavy atom. The maximum Gasteiger partial charge on any atom is 0.416 e. The number of halogens is 4. The minimum atomic E-state index is -4.54. The van der Waals surface area contributed by atoms with Crippen LogP contribution in [0.25, 0.3) is 0 Å². The molecule has 0 bridgehead atoms. The summed E-state index contributed by atoms with van der Waals surface area (Å²) in [5, 5.41) is 0. The third-order valence-corrected chi connectivity index (χ3v) is 5.80. The lowest BCUT2D eigenvalue weighted by atomic mass is 10.1. The van der Waals surface area contributed by atoms with Crippen LogP contribution in [0.4, 0.5) is 23.2 Å². The molecule has 0 aromatic heterocycles. The molecule has 0 aliphatic carbocycles. The highest BCUT2D eigenvalue weighted by molar-refractivity contribution is 7.90. The Bertz CT molecular complexity index is 1030. The van der Waals surface area contributed by atoms with Gasteiger partial charge in [0.25, 0.3) is 5.91 Å². The minimum absolute atomic E-state index is 0.0584. The van der Waals surface area contributed by atoms with Gasteiger partial charge in [-0.1, -0.05) is 6.07 Å². The Morgan fingerprint density at radius 1 is 1.00 bits per heavy atom. The fourth-order valence-electron chi connectivity index (χ4n) is 3.14. The largest absolute Gasteiger partial charge is 0.416 e. The third kappa shape index (κ3) is 4.69. The van der Waals surface area contributed by atoms with Crippen LogP contribution in [-0.2, 0) is 16.0 Å². The first-order chi connectivity index (χ1) is 13.5. The zero-order valence-electron chi connectivity index (χ0n) is 15.4. The summed E-state index contributed by atoms with van der Waals surface area (Å²) < 4.78 is 75.9. The highest BCUT2D eigenvalue weighted by atomic mass is 32.2. The van der Waals surface area contributed by atoms with Gasteiger partial charge in [-0.25, -0.2) is 12.8 Å². The van der Waals surface area contributed by atoms with Gasteiger partial charge in [0.05, 0.1) is 16.1 Å². The van der Waals surface area contributed by atoms with Crippen molar-refractivity contribution < 1.29 is 30.8 Å². The van der Waals surface area contributed by atoms with Crippen LogP contribution in [0, 0.1) is 5.82 Å². The Kier molecular flexibility index (Phi) is 5.57. The molecule has 1 saturated heterocycles. The Balaban J connectivity index is 1.70. The van der Waals surface area contributed by atoms with Crippen LogP contribution in [0.2, 0.25) is 0 Å². The highest BCUT2D eigenvalue weighted by Crippen LogP contribution is 2.30. The first kappa shape index (κ1) is 21.1. The second-order valence-electron chi connectivity index (χ2n) is 6.74. The number of carbonyl (C=O) groups excluding carboxylic acids is 1. The molecule has 1 fully saturated rings. The van der Waals surface area contributed by atoms with Gasteiger partial charge in [-0.3, -0.25) is 4.79 Å². The van der Waals surface area contributed by atoms with Gasteiger partial charge in [0.1, 0.15) is 5.82 Å². The topological polar surface area (TPSA) is 57.7 Å². The summed E-state index contributed by atoms with van der Waals surface area (Å²) in [7, 11) is -3.53. The average molecular weight is 430 g/mol. The van der Waals surface area contributed by atoms with E-state index in [1.54, 1.807) is 4.90 Å². The molecule has 1 amide bonds. The van der Waals surface area contributed by atoms with Gasteiger partial charge in [0, 0.05) is 38.0 Å². The summed E-state index contributed by atoms with van der Waals surface area (Å²) in [6, 6.07) is 7.86. The third-order valence-electron chi connectivity index (χ3n) is 4.69. The number of hydrogen-bond donors (Lipinski definition) is 0. The van der Waals surface area contributed by atoms with Gasteiger partial charge in [-0.15, -0.1) is 0 Å². The smallest absolute Gasteiger partial charge is 0.366 e. The lowest BCUT2D eigenvalue weighted by Crippen LogP contribution is -2.49. The van der Waals surface area contributed by atoms with E-state index in [4.69, 9.17) is 0 Å². The summed E-state index contributed by atoms with van der Waals surface area (Å²) in [5.41, 5.74) is -0.740. The number of hydrogen-bond acceptors (Lipinski definition) is 4. The van der Waals surface area contributed by atoms with Crippen LogP contribution in [-0.4, -0.2) is 51.7 Å². The van der Waals surface area contributed by atoms with Crippen molar-refractivity contribution in [2.45, 2.75) is 11.1 Å². The summed E-state index contributed by atoms with van der Waals surface area (Å²) >= 11 is 0. The molecule has 1 heterocycles. The Morgan fingerprint density at radius 3 is 2.21 bits per heavy atom. The van der Waals surface area contributed by atoms with Gasteiger partial charge in [-0.2, -0.15) is 13.2 Å². The second kappa shape index (κ2) is 7.66. The highest BCUT2D eigenvalue weighted by Gasteiger charge is 2.32. The molecular weight excluding hydrogens is 412 g/mol. The maximum atomic E-state index is 14.3. The van der Waals surface area contributed by atoms with Crippen molar-refractivity contribution in [1.29, 1.82) is 0 Å². The number of rotatable bonds is 3. The number of carbonyl (C=O) groups is 1. The van der Waals surface area contributed by atoms with E-state index in [9.17, 15) is 30.8 Å². The van der Waals surface area contributed by atoms with E-state index in [-0.39, 0.29) is 42.3 Å². The SMILES string of the molecule is CS(=O)(=O)c1ccc(N2CCN(C(=O)c3cccc(C(F)(F)F)c3)CC2)c(F)c1. The molecule has 2 aromatic carbocycles. The average Bonchev–Trinajstić information content (AvgIpc) is 2.66. The van der Waals surface area contributed by atoms with E-state index < -0.39 is 33.3 Å². The Labute approximate surface area is 165 Å². The fourth-order valence-corrected chi connectivity index (χ4v) is 3.77. The van der Waals surface area contributed by atoms with E-state index in [0.29, 0.717) is 0 Å². The molecule has 0 atom stereocenters. The number of nitrogens with zero attached hydrogens (tertiary/aromatic N) is 2. The van der Waals surface area contributed by atoms with Crippen LogP contribution < -0.4 is 4.90 Å². The predicted octanol–water partition coefficient (Wildman–Crippen LogP) is 3.21. The normalized spacial score (nSPS) is 15.5. The molecule has 0 N–H and O–H groups in total. The molecule has 0 radical (unpaired) electrons. The quantitative estimate of drug-likeness (QED) is 0.702. The van der Waals surface area contributed by atoms with Crippen molar-refractivity contribution in [3.05, 3.63) is 59.4 Å². The van der Waals surface area contributed by atoms with Crippen molar-refractivity contribution >= 4 is 21.4 Å². The first-order valence-corrected chi connectivity index (χ1v) is 10.6. The Hall–Kier alpha value is -2.62. The van der Waals surface area contributed by atoms with Crippen molar-refractivity contribution in [1.82, 2.24) is 4.90 Å². The van der Waals surface area contributed by atoms with E-state index >= 15 is 0 Å². The molecule has 1 aliphatic rings. The van der Waals surface area contributed by atoms with Crippen molar-refractivity contribution in [3.8, 4) is 0 Å². The number of benzene rings is 2. The number of sulfone groups is 1. The molecule has 0 spiro atoms. The minimum Gasteiger partial charge on any atom is -0.366 e. The number of piperazine rings is 1. The van der Waals surface area contributed by atoms with E-state index in [0.717, 1.165) is 24.5 Å². The van der Waals surface area contributed by atoms with Gasteiger partial charge < -0.3 is 9.80 Å². The van der Waals surface area contributed by atoms with Gasteiger partial charge in [0.2, 0.25) is 0 Å². The monoisotopic (exact) mass is 430 g/mol. The van der Waals surface area contributed by atoms with E-state index in [1.807, 2.05) is 0 Å². The molecule has 29 heavy (non-hydrogen) atoms. The number of anilines is 1. The van der Waals surface area contributed by atoms with Gasteiger partial charge in [0.15, 0.2) is 9.84 Å². The zero-order valence-corrected chi connectivity index (χ0v) is 16.2. The van der Waals surface area contributed by atoms with Crippen molar-refractivity contribution in [2.24, 2.45) is 0 Å². The lowest BCUT2D eigenvalue weighted by molar-refractivity contribution is -0.137. The summed E-state index contributed by atoms with van der Waals surface area (Å²) in [5.74, 6) is -1.21. The van der Waals surface area contributed by atoms with Gasteiger partial charge in [-0.05, 0) is 36.4 Å². The second-order valence-corrected chi connectivity index (χ2v) is 8.76. The molecule has 0 unspecified atom stereocenters. The van der Waals surface area contributed by atoms with Crippen LogP contribution in [0.3, 0.4) is 0 Å². The van der Waals surface area contributed by atoms with Crippen LogP contribution in [0.1, 0.15) is 15.9 Å². The fraction of sp³-hybridized carbons (Fsp3) is 0.316. The molecule has 1 aliphatic heterocycles. The molecular formula is C19H18F4N2O3S. The zero-order chi connectivity index (χ0) is 21.4. The molecule has 2 aromatic rings. The first-order valence-electron chi connectivity index (χ1n) is 8.68. The molecule has 0 saturated carbocycles. The molecule has 3 rings (SSSR count). The molecule has 10 heteroatoms. The van der Waals surface area contributed by atoms with Crippen LogP contribution >= 0.6 is 0 Å². The van der Waals surface area contributed by atoms with E-state index in [2.05, 4.69) is 0 Å². The van der Waals surface area contributed by atoms with Crippen LogP contribution in [0.15, 0.2) is 47.4 Å².